The van der Waals surface area contributed by atoms with Crippen molar-refractivity contribution in [1.29, 1.82) is 5.26 Å². The molecule has 0 radical (unpaired) electrons. The van der Waals surface area contributed by atoms with Gasteiger partial charge in [-0.25, -0.2) is 9.97 Å². The highest BCUT2D eigenvalue weighted by molar-refractivity contribution is 6.01. The van der Waals surface area contributed by atoms with Gasteiger partial charge >= 0.3 is 0 Å². The Hall–Kier alpha value is -4.29. The number of aromatic nitrogens is 2. The monoisotopic (exact) mass is 524 g/mol. The minimum Gasteiger partial charge on any atom is -0.381 e. The summed E-state index contributed by atoms with van der Waals surface area (Å²) in [6.07, 6.45) is 3.61. The van der Waals surface area contributed by atoms with Gasteiger partial charge in [-0.1, -0.05) is 24.3 Å². The number of fused-ring (bicyclic) bond motifs is 1. The third-order valence-electron chi connectivity index (χ3n) is 7.29. The van der Waals surface area contributed by atoms with Gasteiger partial charge in [-0.2, -0.15) is 5.26 Å². The summed E-state index contributed by atoms with van der Waals surface area (Å²) in [5, 5.41) is 15.6. The van der Waals surface area contributed by atoms with Crippen molar-refractivity contribution in [1.82, 2.24) is 20.2 Å². The van der Waals surface area contributed by atoms with E-state index in [1.807, 2.05) is 45.0 Å². The molecule has 9 heteroatoms. The van der Waals surface area contributed by atoms with E-state index in [0.717, 1.165) is 54.0 Å². The molecule has 0 spiro atoms. The van der Waals surface area contributed by atoms with Gasteiger partial charge in [-0.15, -0.1) is 0 Å². The molecule has 2 amide bonds. The van der Waals surface area contributed by atoms with Crippen LogP contribution in [0.5, 0.6) is 0 Å². The Morgan fingerprint density at radius 1 is 1.21 bits per heavy atom. The van der Waals surface area contributed by atoms with E-state index in [4.69, 9.17) is 9.72 Å². The van der Waals surface area contributed by atoms with Crippen LogP contribution >= 0.6 is 0 Å². The van der Waals surface area contributed by atoms with Crippen LogP contribution in [-0.2, 0) is 21.6 Å². The highest BCUT2D eigenvalue weighted by atomic mass is 16.5. The van der Waals surface area contributed by atoms with Crippen LogP contribution in [0.25, 0.3) is 11.3 Å². The fourth-order valence-corrected chi connectivity index (χ4v) is 5.08. The van der Waals surface area contributed by atoms with Crippen LogP contribution in [0.1, 0.15) is 59.3 Å². The summed E-state index contributed by atoms with van der Waals surface area (Å²) in [5.41, 5.74) is 4.63. The summed E-state index contributed by atoms with van der Waals surface area (Å²) in [5.74, 6) is 0.119. The van der Waals surface area contributed by atoms with Crippen LogP contribution in [-0.4, -0.2) is 52.5 Å². The van der Waals surface area contributed by atoms with Crippen LogP contribution in [0.4, 0.5) is 5.95 Å². The van der Waals surface area contributed by atoms with Gasteiger partial charge in [0.05, 0.1) is 22.9 Å². The van der Waals surface area contributed by atoms with Crippen molar-refractivity contribution in [2.24, 2.45) is 0 Å². The summed E-state index contributed by atoms with van der Waals surface area (Å²) in [4.78, 5) is 37.0. The van der Waals surface area contributed by atoms with Gasteiger partial charge in [0, 0.05) is 43.1 Å². The average Bonchev–Trinajstić information content (AvgIpc) is 3.24. The van der Waals surface area contributed by atoms with Crippen molar-refractivity contribution in [3.8, 4) is 17.3 Å². The Balaban J connectivity index is 1.28. The molecule has 200 valence electrons. The largest absolute Gasteiger partial charge is 0.381 e. The summed E-state index contributed by atoms with van der Waals surface area (Å²) < 4.78 is 5.43. The van der Waals surface area contributed by atoms with E-state index in [9.17, 15) is 14.9 Å². The smallest absolute Gasteiger partial charge is 0.254 e. The molecule has 3 aromatic rings. The molecule has 1 fully saturated rings. The molecular formula is C30H32N6O3. The van der Waals surface area contributed by atoms with Crippen LogP contribution in [0.15, 0.2) is 48.7 Å². The van der Waals surface area contributed by atoms with Gasteiger partial charge in [-0.3, -0.25) is 9.59 Å². The second kappa shape index (κ2) is 10.8. The van der Waals surface area contributed by atoms with Gasteiger partial charge in [0.25, 0.3) is 5.91 Å². The summed E-state index contributed by atoms with van der Waals surface area (Å²) in [7, 11) is 0. The van der Waals surface area contributed by atoms with Gasteiger partial charge < -0.3 is 20.3 Å². The molecule has 2 aliphatic heterocycles. The fraction of sp³-hybridized carbons (Fsp3) is 0.367. The van der Waals surface area contributed by atoms with Crippen LogP contribution in [0.3, 0.4) is 0 Å². The van der Waals surface area contributed by atoms with Gasteiger partial charge in [0.1, 0.15) is 6.54 Å². The first-order valence-electron chi connectivity index (χ1n) is 13.2. The predicted molar refractivity (Wildman–Crippen MR) is 147 cm³/mol. The standard InChI is InChI=1S/C30H32N6O3/c1-19-16-32-29(33-24-9-11-39-12-10-24)34-27(19)21-7-8-22-17-36(28(38)25(22)14-21)18-26(37)35-30(2,3)23-6-4-5-20(13-23)15-31/h4-8,13-14,16,24H,9-12,17-18H2,1-3H3,(H,35,37)(H,32,33,34). The Labute approximate surface area is 228 Å². The molecule has 3 heterocycles. The van der Waals surface area contributed by atoms with Crippen molar-refractivity contribution in [2.75, 3.05) is 25.1 Å². The number of rotatable bonds is 7. The second-order valence-corrected chi connectivity index (χ2v) is 10.7. The molecule has 2 N–H and O–H groups in total. The average molecular weight is 525 g/mol. The molecule has 0 atom stereocenters. The first-order valence-corrected chi connectivity index (χ1v) is 13.2. The molecule has 2 aromatic carbocycles. The Kier molecular flexibility index (Phi) is 7.31. The summed E-state index contributed by atoms with van der Waals surface area (Å²) in [6.45, 7) is 7.47. The molecule has 39 heavy (non-hydrogen) atoms. The quantitative estimate of drug-likeness (QED) is 0.481. The number of ether oxygens (including phenoxy) is 1. The number of nitrogens with one attached hydrogen (secondary N) is 2. The highest BCUT2D eigenvalue weighted by Crippen LogP contribution is 2.30. The Morgan fingerprint density at radius 2 is 2.00 bits per heavy atom. The van der Waals surface area contributed by atoms with E-state index in [1.165, 1.54) is 0 Å². The number of hydrogen-bond acceptors (Lipinski definition) is 7. The lowest BCUT2D eigenvalue weighted by Crippen LogP contribution is -2.46. The molecule has 5 rings (SSSR count). The third kappa shape index (κ3) is 5.76. The summed E-state index contributed by atoms with van der Waals surface area (Å²) >= 11 is 0. The zero-order valence-electron chi connectivity index (χ0n) is 22.5. The van der Waals surface area contributed by atoms with Crippen molar-refractivity contribution < 1.29 is 14.3 Å². The fourth-order valence-electron chi connectivity index (χ4n) is 5.08. The van der Waals surface area contributed by atoms with Crippen molar-refractivity contribution in [2.45, 2.75) is 51.7 Å². The molecule has 0 unspecified atom stereocenters. The number of carbonyl (C=O) groups is 2. The molecule has 0 saturated carbocycles. The van der Waals surface area contributed by atoms with E-state index >= 15 is 0 Å². The highest BCUT2D eigenvalue weighted by Gasteiger charge is 2.31. The molecule has 2 aliphatic rings. The van der Waals surface area contributed by atoms with E-state index in [0.29, 0.717) is 23.6 Å². The number of nitriles is 1. The van der Waals surface area contributed by atoms with Gasteiger partial charge in [0.2, 0.25) is 11.9 Å². The van der Waals surface area contributed by atoms with Crippen LogP contribution in [0.2, 0.25) is 0 Å². The zero-order valence-corrected chi connectivity index (χ0v) is 22.5. The van der Waals surface area contributed by atoms with Crippen molar-refractivity contribution >= 4 is 17.8 Å². The molecule has 1 saturated heterocycles. The number of nitrogens with zero attached hydrogens (tertiary/aromatic N) is 4. The van der Waals surface area contributed by atoms with E-state index in [-0.39, 0.29) is 24.4 Å². The zero-order chi connectivity index (χ0) is 27.6. The molecular weight excluding hydrogens is 492 g/mol. The number of carbonyl (C=O) groups excluding carboxylic acids is 2. The second-order valence-electron chi connectivity index (χ2n) is 10.7. The predicted octanol–water partition coefficient (Wildman–Crippen LogP) is 3.92. The SMILES string of the molecule is Cc1cnc(NC2CCOCC2)nc1-c1ccc2c(c1)C(=O)N(CC(=O)NC(C)(C)c1cccc(C#N)c1)C2. The number of amides is 2. The van der Waals surface area contributed by atoms with E-state index in [1.54, 1.807) is 29.3 Å². The molecule has 0 aliphatic carbocycles. The third-order valence-corrected chi connectivity index (χ3v) is 7.29. The maximum atomic E-state index is 13.3. The first kappa shape index (κ1) is 26.3. The Morgan fingerprint density at radius 3 is 2.77 bits per heavy atom. The lowest BCUT2D eigenvalue weighted by molar-refractivity contribution is -0.123. The minimum absolute atomic E-state index is 0.0596. The summed E-state index contributed by atoms with van der Waals surface area (Å²) in [6, 6.07) is 15.3. The maximum absolute atomic E-state index is 13.3. The number of hydrogen-bond donors (Lipinski definition) is 2. The van der Waals surface area contributed by atoms with E-state index in [2.05, 4.69) is 21.7 Å². The topological polar surface area (TPSA) is 120 Å². The van der Waals surface area contributed by atoms with Crippen LogP contribution < -0.4 is 10.6 Å². The lowest BCUT2D eigenvalue weighted by atomic mass is 9.93. The molecule has 9 nitrogen and oxygen atoms in total. The normalized spacial score (nSPS) is 15.5. The van der Waals surface area contributed by atoms with Gasteiger partial charge in [0.15, 0.2) is 0 Å². The molecule has 0 bridgehead atoms. The van der Waals surface area contributed by atoms with Crippen LogP contribution in [0, 0.1) is 18.3 Å². The minimum atomic E-state index is -0.701. The number of anilines is 1. The molecule has 1 aromatic heterocycles. The van der Waals surface area contributed by atoms with Crippen molar-refractivity contribution in [3.63, 3.8) is 0 Å². The van der Waals surface area contributed by atoms with Gasteiger partial charge in [-0.05, 0) is 68.5 Å². The number of aryl methyl sites for hydroxylation is 1. The van der Waals surface area contributed by atoms with E-state index < -0.39 is 5.54 Å². The first-order chi connectivity index (χ1) is 18.7. The lowest BCUT2D eigenvalue weighted by Gasteiger charge is -2.28. The van der Waals surface area contributed by atoms with Crippen molar-refractivity contribution in [3.05, 3.63) is 76.5 Å². The number of benzene rings is 2. The maximum Gasteiger partial charge on any atom is 0.254 e. The Bertz CT molecular complexity index is 1460.